The Labute approximate surface area is 146 Å². The van der Waals surface area contributed by atoms with Crippen LogP contribution in [0.3, 0.4) is 0 Å². The topological polar surface area (TPSA) is 31.4 Å². The van der Waals surface area contributed by atoms with Gasteiger partial charge in [0.25, 0.3) is 0 Å². The van der Waals surface area contributed by atoms with Crippen LogP contribution in [0.25, 0.3) is 11.3 Å². The quantitative estimate of drug-likeness (QED) is 0.726. The number of aromatic nitrogens is 1. The second-order valence-corrected chi connectivity index (χ2v) is 6.57. The summed E-state index contributed by atoms with van der Waals surface area (Å²) in [6.07, 6.45) is 3.77. The molecule has 3 rings (SSSR count). The molecule has 0 unspecified atom stereocenters. The van der Waals surface area contributed by atoms with Crippen LogP contribution in [0.2, 0.25) is 10.0 Å². The van der Waals surface area contributed by atoms with E-state index in [1.54, 1.807) is 12.3 Å². The maximum atomic E-state index is 6.06. The van der Waals surface area contributed by atoms with E-state index in [-0.39, 0.29) is 6.29 Å². The highest BCUT2D eigenvalue weighted by atomic mass is 35.5. The first-order valence-corrected chi connectivity index (χ1v) is 8.57. The molecule has 1 saturated heterocycles. The Morgan fingerprint density at radius 1 is 1.09 bits per heavy atom. The maximum absolute atomic E-state index is 6.06. The minimum Gasteiger partial charge on any atom is -0.348 e. The van der Waals surface area contributed by atoms with Gasteiger partial charge in [-0.25, -0.2) is 0 Å². The zero-order chi connectivity index (χ0) is 16.2. The first-order valence-electron chi connectivity index (χ1n) is 7.82. The molecule has 2 aromatic rings. The lowest BCUT2D eigenvalue weighted by Gasteiger charge is -2.29. The van der Waals surface area contributed by atoms with Crippen LogP contribution >= 0.6 is 23.2 Å². The molecule has 0 N–H and O–H groups in total. The number of pyridine rings is 1. The van der Waals surface area contributed by atoms with E-state index in [4.69, 9.17) is 32.7 Å². The molecule has 0 saturated carbocycles. The molecule has 0 aliphatic carbocycles. The van der Waals surface area contributed by atoms with Crippen LogP contribution in [-0.2, 0) is 9.47 Å². The van der Waals surface area contributed by atoms with E-state index in [1.807, 2.05) is 24.3 Å². The van der Waals surface area contributed by atoms with Crippen LogP contribution in [-0.4, -0.2) is 18.2 Å². The number of hydrogen-bond donors (Lipinski definition) is 0. The molecule has 3 nitrogen and oxygen atoms in total. The first kappa shape index (κ1) is 16.7. The van der Waals surface area contributed by atoms with E-state index in [0.717, 1.165) is 42.9 Å². The van der Waals surface area contributed by atoms with E-state index in [1.165, 1.54) is 0 Å². The van der Waals surface area contributed by atoms with Gasteiger partial charge in [-0.05, 0) is 24.6 Å². The van der Waals surface area contributed by atoms with E-state index in [0.29, 0.717) is 16.0 Å². The van der Waals surface area contributed by atoms with Crippen molar-refractivity contribution in [2.45, 2.75) is 26.1 Å². The van der Waals surface area contributed by atoms with Gasteiger partial charge in [0.05, 0.1) is 29.0 Å². The number of benzene rings is 1. The molecule has 1 aliphatic rings. The van der Waals surface area contributed by atoms with Gasteiger partial charge in [-0.2, -0.15) is 0 Å². The molecule has 0 spiro atoms. The summed E-state index contributed by atoms with van der Waals surface area (Å²) in [5.41, 5.74) is 2.70. The van der Waals surface area contributed by atoms with Crippen molar-refractivity contribution < 1.29 is 9.47 Å². The lowest BCUT2D eigenvalue weighted by molar-refractivity contribution is -0.206. The van der Waals surface area contributed by atoms with Gasteiger partial charge in [-0.15, -0.1) is 0 Å². The highest BCUT2D eigenvalue weighted by Crippen LogP contribution is 2.30. The van der Waals surface area contributed by atoms with Gasteiger partial charge in [-0.1, -0.05) is 48.7 Å². The predicted octanol–water partition coefficient (Wildman–Crippen LogP) is 5.52. The lowest BCUT2D eigenvalue weighted by atomic mass is 10.1. The van der Waals surface area contributed by atoms with Crippen LogP contribution in [0, 0.1) is 5.92 Å². The highest BCUT2D eigenvalue weighted by molar-refractivity contribution is 6.42. The summed E-state index contributed by atoms with van der Waals surface area (Å²) in [7, 11) is 0. The average molecular weight is 352 g/mol. The Bertz CT molecular complexity index is 653. The monoisotopic (exact) mass is 351 g/mol. The van der Waals surface area contributed by atoms with Crippen LogP contribution in [0.4, 0.5) is 0 Å². The van der Waals surface area contributed by atoms with Crippen molar-refractivity contribution in [3.63, 3.8) is 0 Å². The van der Waals surface area contributed by atoms with Gasteiger partial charge < -0.3 is 9.47 Å². The number of nitrogens with zero attached hydrogens (tertiary/aromatic N) is 1. The molecule has 5 heteroatoms. The summed E-state index contributed by atoms with van der Waals surface area (Å²) >= 11 is 12.0. The molecule has 1 aliphatic heterocycles. The third-order valence-corrected chi connectivity index (χ3v) is 4.68. The number of hydrogen-bond acceptors (Lipinski definition) is 3. The van der Waals surface area contributed by atoms with Crippen molar-refractivity contribution in [1.29, 1.82) is 0 Å². The number of halogens is 2. The third kappa shape index (κ3) is 4.04. The Morgan fingerprint density at radius 3 is 2.48 bits per heavy atom. The van der Waals surface area contributed by atoms with Crippen molar-refractivity contribution in [3.05, 3.63) is 52.1 Å². The zero-order valence-electron chi connectivity index (χ0n) is 13.0. The van der Waals surface area contributed by atoms with Crippen molar-refractivity contribution in [3.8, 4) is 11.3 Å². The van der Waals surface area contributed by atoms with E-state index in [2.05, 4.69) is 11.9 Å². The molecular formula is C18H19Cl2NO2. The molecular weight excluding hydrogens is 333 g/mol. The van der Waals surface area contributed by atoms with E-state index in [9.17, 15) is 0 Å². The van der Waals surface area contributed by atoms with Crippen LogP contribution in [0.15, 0.2) is 36.5 Å². The molecule has 2 heterocycles. The second-order valence-electron chi connectivity index (χ2n) is 5.76. The molecule has 1 fully saturated rings. The van der Waals surface area contributed by atoms with Crippen LogP contribution in [0.1, 0.15) is 31.6 Å². The Balaban J connectivity index is 1.69. The molecule has 1 aromatic heterocycles. The highest BCUT2D eigenvalue weighted by Gasteiger charge is 2.23. The zero-order valence-corrected chi connectivity index (χ0v) is 14.5. The molecule has 1 aromatic carbocycles. The summed E-state index contributed by atoms with van der Waals surface area (Å²) in [6, 6.07) is 9.42. The Kier molecular flexibility index (Phi) is 5.54. The van der Waals surface area contributed by atoms with Crippen molar-refractivity contribution >= 4 is 23.2 Å². The normalized spacial score (nSPS) is 21.3. The molecule has 0 radical (unpaired) electrons. The molecule has 0 atom stereocenters. The fourth-order valence-corrected chi connectivity index (χ4v) is 2.98. The predicted molar refractivity (Wildman–Crippen MR) is 92.7 cm³/mol. The van der Waals surface area contributed by atoms with E-state index >= 15 is 0 Å². The summed E-state index contributed by atoms with van der Waals surface area (Å²) in [5.74, 6) is 0.500. The summed E-state index contributed by atoms with van der Waals surface area (Å²) in [5, 5.41) is 1.06. The molecule has 0 amide bonds. The van der Waals surface area contributed by atoms with Gasteiger partial charge in [0, 0.05) is 23.2 Å². The standard InChI is InChI=1S/C18H19Cl2NO2/c1-2-3-12-10-22-18(23-11-12)14-5-7-17(21-9-14)13-4-6-15(19)16(20)8-13/h4-9,12,18H,2-3,10-11H2,1H3/t12-,18-. The van der Waals surface area contributed by atoms with Gasteiger partial charge in [-0.3, -0.25) is 4.98 Å². The van der Waals surface area contributed by atoms with Gasteiger partial charge in [0.2, 0.25) is 0 Å². The minimum atomic E-state index is -0.321. The summed E-state index contributed by atoms with van der Waals surface area (Å²) < 4.78 is 11.6. The van der Waals surface area contributed by atoms with Crippen molar-refractivity contribution in [2.75, 3.05) is 13.2 Å². The first-order chi connectivity index (χ1) is 11.2. The van der Waals surface area contributed by atoms with Gasteiger partial charge in [0.1, 0.15) is 0 Å². The maximum Gasteiger partial charge on any atom is 0.185 e. The number of rotatable bonds is 4. The van der Waals surface area contributed by atoms with Crippen molar-refractivity contribution in [2.24, 2.45) is 5.92 Å². The van der Waals surface area contributed by atoms with Crippen molar-refractivity contribution in [1.82, 2.24) is 4.98 Å². The van der Waals surface area contributed by atoms with Crippen LogP contribution < -0.4 is 0 Å². The second kappa shape index (κ2) is 7.63. The largest absolute Gasteiger partial charge is 0.348 e. The third-order valence-electron chi connectivity index (χ3n) is 3.94. The SMILES string of the molecule is CCC[C@H]1CO[C@H](c2ccc(-c3ccc(Cl)c(Cl)c3)nc2)OC1. The smallest absolute Gasteiger partial charge is 0.185 e. The van der Waals surface area contributed by atoms with Gasteiger partial charge >= 0.3 is 0 Å². The summed E-state index contributed by atoms with van der Waals surface area (Å²) in [6.45, 7) is 3.66. The molecule has 23 heavy (non-hydrogen) atoms. The molecule has 122 valence electrons. The fraction of sp³-hybridized carbons (Fsp3) is 0.389. The number of ether oxygens (including phenoxy) is 2. The summed E-state index contributed by atoms with van der Waals surface area (Å²) in [4.78, 5) is 4.49. The van der Waals surface area contributed by atoms with Gasteiger partial charge in [0.15, 0.2) is 6.29 Å². The lowest BCUT2D eigenvalue weighted by Crippen LogP contribution is -2.27. The van der Waals surface area contributed by atoms with Crippen LogP contribution in [0.5, 0.6) is 0 Å². The molecule has 0 bridgehead atoms. The van der Waals surface area contributed by atoms with E-state index < -0.39 is 0 Å². The Hall–Kier alpha value is -1.13. The Morgan fingerprint density at radius 2 is 1.87 bits per heavy atom. The minimum absolute atomic E-state index is 0.321. The fourth-order valence-electron chi connectivity index (χ4n) is 2.68. The average Bonchev–Trinajstić information content (AvgIpc) is 2.59.